The summed E-state index contributed by atoms with van der Waals surface area (Å²) in [4.78, 5) is 13.5. The van der Waals surface area contributed by atoms with Crippen molar-refractivity contribution >= 4 is 5.91 Å². The number of aliphatic hydroxyl groups is 1. The first-order chi connectivity index (χ1) is 7.09. The van der Waals surface area contributed by atoms with Gasteiger partial charge in [-0.3, -0.25) is 4.79 Å². The Hall–Kier alpha value is -0.610. The van der Waals surface area contributed by atoms with Crippen LogP contribution in [0.3, 0.4) is 0 Å². The van der Waals surface area contributed by atoms with Gasteiger partial charge >= 0.3 is 0 Å². The highest BCUT2D eigenvalue weighted by Gasteiger charge is 2.24. The Morgan fingerprint density at radius 3 is 2.67 bits per heavy atom. The molecule has 15 heavy (non-hydrogen) atoms. The van der Waals surface area contributed by atoms with Crippen molar-refractivity contribution in [1.82, 2.24) is 10.2 Å². The van der Waals surface area contributed by atoms with Gasteiger partial charge in [-0.2, -0.15) is 0 Å². The standard InChI is InChI=1S/C11H22N2O2/c1-13(2)8-7-11(15)12-9-5-3-4-6-10(9)14/h9-10,14H,3-8H2,1-2H3,(H,12,15)/t9-,10-/m1/s1. The summed E-state index contributed by atoms with van der Waals surface area (Å²) in [5, 5.41) is 12.6. The van der Waals surface area contributed by atoms with E-state index >= 15 is 0 Å². The van der Waals surface area contributed by atoms with Gasteiger partial charge in [0.25, 0.3) is 0 Å². The zero-order valence-electron chi connectivity index (χ0n) is 9.70. The molecule has 4 nitrogen and oxygen atoms in total. The predicted molar refractivity (Wildman–Crippen MR) is 59.6 cm³/mol. The van der Waals surface area contributed by atoms with Crippen molar-refractivity contribution in [1.29, 1.82) is 0 Å². The molecule has 0 heterocycles. The van der Waals surface area contributed by atoms with Crippen LogP contribution < -0.4 is 5.32 Å². The zero-order chi connectivity index (χ0) is 11.3. The molecule has 1 saturated carbocycles. The third-order valence-corrected chi connectivity index (χ3v) is 2.86. The molecular formula is C11H22N2O2. The van der Waals surface area contributed by atoms with Crippen LogP contribution in [0, 0.1) is 0 Å². The summed E-state index contributed by atoms with van der Waals surface area (Å²) in [6.45, 7) is 0.759. The molecule has 1 rings (SSSR count). The lowest BCUT2D eigenvalue weighted by molar-refractivity contribution is -0.123. The minimum atomic E-state index is -0.345. The molecule has 1 aliphatic rings. The van der Waals surface area contributed by atoms with Crippen LogP contribution in [0.5, 0.6) is 0 Å². The van der Waals surface area contributed by atoms with E-state index in [4.69, 9.17) is 0 Å². The normalized spacial score (nSPS) is 26.7. The Kier molecular flexibility index (Phi) is 5.05. The van der Waals surface area contributed by atoms with Gasteiger partial charge in [0.05, 0.1) is 12.1 Å². The van der Waals surface area contributed by atoms with Gasteiger partial charge in [-0.1, -0.05) is 12.8 Å². The van der Waals surface area contributed by atoms with E-state index in [9.17, 15) is 9.90 Å². The van der Waals surface area contributed by atoms with Crippen molar-refractivity contribution in [2.45, 2.75) is 44.2 Å². The number of carbonyl (C=O) groups is 1. The van der Waals surface area contributed by atoms with Gasteiger partial charge in [0.2, 0.25) is 5.91 Å². The fourth-order valence-electron chi connectivity index (χ4n) is 1.88. The van der Waals surface area contributed by atoms with E-state index in [0.717, 1.165) is 32.2 Å². The van der Waals surface area contributed by atoms with Crippen molar-refractivity contribution in [3.05, 3.63) is 0 Å². The lowest BCUT2D eigenvalue weighted by atomic mass is 9.92. The third kappa shape index (κ3) is 4.62. The minimum Gasteiger partial charge on any atom is -0.391 e. The van der Waals surface area contributed by atoms with Gasteiger partial charge in [0, 0.05) is 13.0 Å². The van der Waals surface area contributed by atoms with Crippen LogP contribution in [0.4, 0.5) is 0 Å². The Morgan fingerprint density at radius 2 is 2.07 bits per heavy atom. The maximum atomic E-state index is 11.5. The molecule has 1 amide bonds. The summed E-state index contributed by atoms with van der Waals surface area (Å²) in [7, 11) is 3.89. The Labute approximate surface area is 91.6 Å². The number of nitrogens with one attached hydrogen (secondary N) is 1. The van der Waals surface area contributed by atoms with Gasteiger partial charge in [0.15, 0.2) is 0 Å². The number of hydrogen-bond donors (Lipinski definition) is 2. The second-order valence-corrected chi connectivity index (χ2v) is 4.58. The average Bonchev–Trinajstić information content (AvgIpc) is 2.18. The monoisotopic (exact) mass is 214 g/mol. The van der Waals surface area contributed by atoms with Crippen molar-refractivity contribution in [3.63, 3.8) is 0 Å². The first-order valence-corrected chi connectivity index (χ1v) is 5.72. The number of rotatable bonds is 4. The molecule has 0 aromatic carbocycles. The van der Waals surface area contributed by atoms with Crippen LogP contribution in [0.2, 0.25) is 0 Å². The first-order valence-electron chi connectivity index (χ1n) is 5.72. The van der Waals surface area contributed by atoms with Gasteiger partial charge < -0.3 is 15.3 Å². The SMILES string of the molecule is CN(C)CCC(=O)N[C@@H]1CCCC[C@H]1O. The number of hydrogen-bond acceptors (Lipinski definition) is 3. The fraction of sp³-hybridized carbons (Fsp3) is 0.909. The molecule has 4 heteroatoms. The number of aliphatic hydroxyl groups excluding tert-OH is 1. The Balaban J connectivity index is 2.24. The molecule has 0 radical (unpaired) electrons. The van der Waals surface area contributed by atoms with E-state index in [2.05, 4.69) is 5.32 Å². The largest absolute Gasteiger partial charge is 0.391 e. The van der Waals surface area contributed by atoms with E-state index in [1.165, 1.54) is 0 Å². The molecule has 88 valence electrons. The number of carbonyl (C=O) groups excluding carboxylic acids is 1. The Morgan fingerprint density at radius 1 is 1.40 bits per heavy atom. The third-order valence-electron chi connectivity index (χ3n) is 2.86. The fourth-order valence-corrected chi connectivity index (χ4v) is 1.88. The highest BCUT2D eigenvalue weighted by atomic mass is 16.3. The van der Waals surface area contributed by atoms with E-state index in [1.54, 1.807) is 0 Å². The summed E-state index contributed by atoms with van der Waals surface area (Å²) >= 11 is 0. The molecule has 0 spiro atoms. The zero-order valence-corrected chi connectivity index (χ0v) is 9.70. The first kappa shape index (κ1) is 12.5. The molecule has 2 N–H and O–H groups in total. The highest BCUT2D eigenvalue weighted by Crippen LogP contribution is 2.18. The van der Waals surface area contributed by atoms with Gasteiger partial charge in [-0.15, -0.1) is 0 Å². The molecule has 2 atom stereocenters. The number of nitrogens with zero attached hydrogens (tertiary/aromatic N) is 1. The summed E-state index contributed by atoms with van der Waals surface area (Å²) in [6.07, 6.45) is 4.08. The maximum absolute atomic E-state index is 11.5. The van der Waals surface area contributed by atoms with E-state index in [0.29, 0.717) is 6.42 Å². The van der Waals surface area contributed by atoms with Crippen molar-refractivity contribution in [2.24, 2.45) is 0 Å². The maximum Gasteiger partial charge on any atom is 0.221 e. The van der Waals surface area contributed by atoms with Crippen LogP contribution in [-0.2, 0) is 4.79 Å². The molecule has 1 fully saturated rings. The van der Waals surface area contributed by atoms with Crippen LogP contribution >= 0.6 is 0 Å². The molecule has 0 saturated heterocycles. The summed E-state index contributed by atoms with van der Waals surface area (Å²) in [5.41, 5.74) is 0. The quantitative estimate of drug-likeness (QED) is 0.710. The summed E-state index contributed by atoms with van der Waals surface area (Å²) in [5.74, 6) is 0.0506. The lowest BCUT2D eigenvalue weighted by Crippen LogP contribution is -2.45. The van der Waals surface area contributed by atoms with Crippen LogP contribution in [-0.4, -0.2) is 48.7 Å². The molecule has 0 aliphatic heterocycles. The van der Waals surface area contributed by atoms with Gasteiger partial charge in [0.1, 0.15) is 0 Å². The van der Waals surface area contributed by atoms with Crippen LogP contribution in [0.25, 0.3) is 0 Å². The van der Waals surface area contributed by atoms with E-state index in [-0.39, 0.29) is 18.1 Å². The molecular weight excluding hydrogens is 192 g/mol. The predicted octanol–water partition coefficient (Wildman–Crippen LogP) is 0.358. The molecule has 0 aromatic rings. The molecule has 1 aliphatic carbocycles. The van der Waals surface area contributed by atoms with Crippen LogP contribution in [0.1, 0.15) is 32.1 Å². The van der Waals surface area contributed by atoms with Gasteiger partial charge in [-0.05, 0) is 26.9 Å². The van der Waals surface area contributed by atoms with Gasteiger partial charge in [-0.25, -0.2) is 0 Å². The molecule has 0 bridgehead atoms. The second kappa shape index (κ2) is 6.08. The van der Waals surface area contributed by atoms with Crippen molar-refractivity contribution in [3.8, 4) is 0 Å². The van der Waals surface area contributed by atoms with Crippen molar-refractivity contribution < 1.29 is 9.90 Å². The second-order valence-electron chi connectivity index (χ2n) is 4.58. The average molecular weight is 214 g/mol. The smallest absolute Gasteiger partial charge is 0.221 e. The summed E-state index contributed by atoms with van der Waals surface area (Å²) < 4.78 is 0. The van der Waals surface area contributed by atoms with Crippen LogP contribution in [0.15, 0.2) is 0 Å². The Bertz CT molecular complexity index is 207. The number of amides is 1. The molecule has 0 aromatic heterocycles. The molecule has 0 unspecified atom stereocenters. The van der Waals surface area contributed by atoms with Crippen molar-refractivity contribution in [2.75, 3.05) is 20.6 Å². The topological polar surface area (TPSA) is 52.6 Å². The summed E-state index contributed by atoms with van der Waals surface area (Å²) in [6, 6.07) is -0.0200. The lowest BCUT2D eigenvalue weighted by Gasteiger charge is -2.28. The minimum absolute atomic E-state index is 0.0200. The van der Waals surface area contributed by atoms with E-state index < -0.39 is 0 Å². The highest BCUT2D eigenvalue weighted by molar-refractivity contribution is 5.76. The van der Waals surface area contributed by atoms with E-state index in [1.807, 2.05) is 19.0 Å².